The van der Waals surface area contributed by atoms with Crippen LogP contribution in [0.25, 0.3) is 11.3 Å². The number of para-hydroxylation sites is 1. The monoisotopic (exact) mass is 321 g/mol. The van der Waals surface area contributed by atoms with Gasteiger partial charge in [-0.15, -0.1) is 0 Å². The van der Waals surface area contributed by atoms with Crippen molar-refractivity contribution >= 4 is 23.1 Å². The van der Waals surface area contributed by atoms with Crippen molar-refractivity contribution in [3.63, 3.8) is 0 Å². The largest absolute Gasteiger partial charge is 0.613 e. The van der Waals surface area contributed by atoms with Gasteiger partial charge in [0.1, 0.15) is 5.57 Å². The van der Waals surface area contributed by atoms with Crippen LogP contribution >= 0.6 is 11.5 Å². The van der Waals surface area contributed by atoms with Gasteiger partial charge in [0.15, 0.2) is 0 Å². The molecule has 0 aliphatic rings. The highest BCUT2D eigenvalue weighted by Crippen LogP contribution is 2.19. The fraction of sp³-hybridized carbons (Fsp3) is 0.286. The Morgan fingerprint density at radius 1 is 1.23 bits per heavy atom. The van der Waals surface area contributed by atoms with Crippen molar-refractivity contribution in [1.82, 2.24) is 9.59 Å². The summed E-state index contributed by atoms with van der Waals surface area (Å²) in [5.74, 6) is -1.53. The first-order valence-corrected chi connectivity index (χ1v) is 7.48. The highest BCUT2D eigenvalue weighted by atomic mass is 32.1. The molecule has 0 bridgehead atoms. The molecule has 0 aliphatic carbocycles. The first kappa shape index (κ1) is 15.9. The van der Waals surface area contributed by atoms with Crippen LogP contribution in [0.4, 0.5) is 0 Å². The van der Waals surface area contributed by atoms with E-state index in [0.29, 0.717) is 0 Å². The zero-order chi connectivity index (χ0) is 15.9. The molecule has 0 radical (unpaired) electrons. The summed E-state index contributed by atoms with van der Waals surface area (Å²) in [5, 5.41) is 16.3. The maximum absolute atomic E-state index is 12.0. The second-order valence-electron chi connectivity index (χ2n) is 4.02. The Labute approximate surface area is 131 Å². The second kappa shape index (κ2) is 7.51. The van der Waals surface area contributed by atoms with Gasteiger partial charge in [0.05, 0.1) is 33.4 Å². The maximum atomic E-state index is 12.0. The van der Waals surface area contributed by atoms with E-state index in [0.717, 1.165) is 17.2 Å². The molecule has 8 heteroatoms. The Kier molecular flexibility index (Phi) is 5.42. The lowest BCUT2D eigenvalue weighted by atomic mass is 10.3. The minimum atomic E-state index is -0.766. The van der Waals surface area contributed by atoms with Crippen molar-refractivity contribution in [2.45, 2.75) is 13.8 Å². The normalized spacial score (nSPS) is 11.7. The highest BCUT2D eigenvalue weighted by molar-refractivity contribution is 7.06. The third-order valence-electron chi connectivity index (χ3n) is 2.55. The van der Waals surface area contributed by atoms with Gasteiger partial charge < -0.3 is 14.6 Å². The van der Waals surface area contributed by atoms with Crippen molar-refractivity contribution in [2.24, 2.45) is 0 Å². The Bertz CT molecular complexity index is 670. The zero-order valence-electron chi connectivity index (χ0n) is 12.2. The lowest BCUT2D eigenvalue weighted by molar-refractivity contribution is -0.710. The van der Waals surface area contributed by atoms with Gasteiger partial charge in [-0.05, 0) is 13.5 Å². The van der Waals surface area contributed by atoms with Crippen molar-refractivity contribution in [3.05, 3.63) is 41.3 Å². The molecule has 116 valence electrons. The molecule has 0 saturated heterocycles. The first-order valence-electron chi connectivity index (χ1n) is 6.70. The van der Waals surface area contributed by atoms with Gasteiger partial charge in [-0.1, -0.05) is 25.1 Å². The summed E-state index contributed by atoms with van der Waals surface area (Å²) in [6.07, 6.45) is 0. The molecule has 0 spiro atoms. The van der Waals surface area contributed by atoms with Gasteiger partial charge >= 0.3 is 5.97 Å². The number of esters is 1. The zero-order valence-corrected chi connectivity index (χ0v) is 13.0. The highest BCUT2D eigenvalue weighted by Gasteiger charge is 2.25. The molecule has 2 rings (SSSR count). The number of nitrogens with zero attached hydrogens (tertiary/aromatic N) is 3. The summed E-state index contributed by atoms with van der Waals surface area (Å²) < 4.78 is 13.9. The molecule has 0 amide bonds. The van der Waals surface area contributed by atoms with Gasteiger partial charge in [0.2, 0.25) is 5.01 Å². The van der Waals surface area contributed by atoms with Gasteiger partial charge in [-0.2, -0.15) is 0 Å². The summed E-state index contributed by atoms with van der Waals surface area (Å²) in [7, 11) is 0. The standard InChI is InChI=1S/C14H15N3O4S/c1-3-20-13(18)11(14(19)21-4-2)12-15-17(16-22-12)10-8-6-5-7-9-10/h5-9H,3-4H2,1-2H3. The maximum Gasteiger partial charge on any atom is 0.343 e. The molecule has 7 nitrogen and oxygen atoms in total. The van der Waals surface area contributed by atoms with Gasteiger partial charge in [0.25, 0.3) is 5.69 Å². The van der Waals surface area contributed by atoms with Crippen molar-refractivity contribution in [1.29, 1.82) is 0 Å². The van der Waals surface area contributed by atoms with Crippen LogP contribution < -0.4 is 9.90 Å². The van der Waals surface area contributed by atoms with E-state index in [1.807, 2.05) is 30.3 Å². The van der Waals surface area contributed by atoms with Crippen LogP contribution in [-0.4, -0.2) is 28.8 Å². The average Bonchev–Trinajstić information content (AvgIpc) is 2.98. The fourth-order valence-electron chi connectivity index (χ4n) is 1.63. The molecule has 1 aromatic heterocycles. The van der Waals surface area contributed by atoms with E-state index in [1.165, 1.54) is 4.80 Å². The van der Waals surface area contributed by atoms with Crippen molar-refractivity contribution < 1.29 is 24.2 Å². The van der Waals surface area contributed by atoms with E-state index in [1.54, 1.807) is 13.8 Å². The first-order chi connectivity index (χ1) is 10.7. The number of rotatable bonds is 6. The number of carbonyl (C=O) groups is 1. The van der Waals surface area contributed by atoms with Crippen LogP contribution in [0.3, 0.4) is 0 Å². The molecular formula is C14H15N3O4S. The Balaban J connectivity index is 2.39. The van der Waals surface area contributed by atoms with Crippen LogP contribution in [0.15, 0.2) is 36.3 Å². The van der Waals surface area contributed by atoms with E-state index in [2.05, 4.69) is 9.59 Å². The van der Waals surface area contributed by atoms with Crippen LogP contribution in [0, 0.1) is 0 Å². The van der Waals surface area contributed by atoms with Crippen LogP contribution in [0.5, 0.6) is 0 Å². The average molecular weight is 321 g/mol. The van der Waals surface area contributed by atoms with E-state index in [4.69, 9.17) is 9.47 Å². The molecule has 22 heavy (non-hydrogen) atoms. The summed E-state index contributed by atoms with van der Waals surface area (Å²) >= 11 is 0.924. The summed E-state index contributed by atoms with van der Waals surface area (Å²) in [6.45, 7) is 3.62. The smallest absolute Gasteiger partial charge is 0.343 e. The third-order valence-corrected chi connectivity index (χ3v) is 3.25. The molecule has 2 aromatic rings. The van der Waals surface area contributed by atoms with E-state index < -0.39 is 11.9 Å². The molecular weight excluding hydrogens is 306 g/mol. The van der Waals surface area contributed by atoms with Gasteiger partial charge in [-0.3, -0.25) is 0 Å². The second-order valence-corrected chi connectivity index (χ2v) is 4.75. The predicted octanol–water partition coefficient (Wildman–Crippen LogP) is 0.443. The van der Waals surface area contributed by atoms with E-state index in [9.17, 15) is 9.90 Å². The van der Waals surface area contributed by atoms with E-state index >= 15 is 0 Å². The SMILES string of the molecule is CCOC(=O)/C(=C(\[O-])OCC)c1n[n+](-c2ccccc2)ns1. The van der Waals surface area contributed by atoms with Crippen LogP contribution in [0.2, 0.25) is 0 Å². The number of hydrogen-bond acceptors (Lipinski definition) is 7. The lowest BCUT2D eigenvalue weighted by Gasteiger charge is -2.15. The van der Waals surface area contributed by atoms with Crippen LogP contribution in [0.1, 0.15) is 18.9 Å². The number of hydrogen-bond donors (Lipinski definition) is 0. The molecule has 0 aliphatic heterocycles. The topological polar surface area (TPSA) is 88.2 Å². The number of aromatic nitrogens is 3. The van der Waals surface area contributed by atoms with Gasteiger partial charge in [0, 0.05) is 17.2 Å². The quantitative estimate of drug-likeness (QED) is 0.332. The predicted molar refractivity (Wildman–Crippen MR) is 76.6 cm³/mol. The molecule has 0 N–H and O–H groups in total. The molecule has 1 heterocycles. The number of benzene rings is 1. The Morgan fingerprint density at radius 2 is 1.91 bits per heavy atom. The lowest BCUT2D eigenvalue weighted by Crippen LogP contribution is -2.35. The number of ether oxygens (including phenoxy) is 2. The third kappa shape index (κ3) is 3.59. The Morgan fingerprint density at radius 3 is 2.55 bits per heavy atom. The summed E-state index contributed by atoms with van der Waals surface area (Å²) in [4.78, 5) is 13.3. The Hall–Kier alpha value is -2.48. The van der Waals surface area contributed by atoms with E-state index in [-0.39, 0.29) is 23.8 Å². The fourth-order valence-corrected chi connectivity index (χ4v) is 2.28. The summed E-state index contributed by atoms with van der Waals surface area (Å²) in [6, 6.07) is 9.16. The van der Waals surface area contributed by atoms with Gasteiger partial charge in [-0.25, -0.2) is 4.79 Å². The summed E-state index contributed by atoms with van der Waals surface area (Å²) in [5.41, 5.74) is 0.480. The minimum Gasteiger partial charge on any atom is -0.613 e. The number of carbonyl (C=O) groups excluding carboxylic acids is 1. The van der Waals surface area contributed by atoms with Crippen LogP contribution in [-0.2, 0) is 14.3 Å². The molecule has 0 saturated carbocycles. The molecule has 0 fully saturated rings. The minimum absolute atomic E-state index is 0.152. The van der Waals surface area contributed by atoms with Crippen molar-refractivity contribution in [3.8, 4) is 5.69 Å². The van der Waals surface area contributed by atoms with Crippen molar-refractivity contribution in [2.75, 3.05) is 13.2 Å². The molecule has 0 unspecified atom stereocenters. The molecule has 1 aromatic carbocycles. The molecule has 0 atom stereocenters.